The quantitative estimate of drug-likeness (QED) is 0.713. The standard InChI is InChI=1S/C14H28N2O2/c1-3-14-11(5-6-18-14)7-15-8-12-9-17-10-13(12)16-4-2/h11-16H,3-10H2,1-2H3. The van der Waals surface area contributed by atoms with Gasteiger partial charge in [0, 0.05) is 31.7 Å². The Kier molecular flexibility index (Phi) is 5.89. The molecule has 0 aliphatic carbocycles. The highest BCUT2D eigenvalue weighted by Crippen LogP contribution is 2.22. The fourth-order valence-corrected chi connectivity index (χ4v) is 3.12. The molecular weight excluding hydrogens is 228 g/mol. The third-order valence-electron chi connectivity index (χ3n) is 4.23. The molecule has 0 spiro atoms. The van der Waals surface area contributed by atoms with Gasteiger partial charge in [-0.15, -0.1) is 0 Å². The van der Waals surface area contributed by atoms with E-state index in [0.29, 0.717) is 24.0 Å². The predicted octanol–water partition coefficient (Wildman–Crippen LogP) is 1.02. The molecule has 0 radical (unpaired) electrons. The summed E-state index contributed by atoms with van der Waals surface area (Å²) in [6, 6.07) is 0.532. The average Bonchev–Trinajstić information content (AvgIpc) is 2.99. The summed E-state index contributed by atoms with van der Waals surface area (Å²) < 4.78 is 11.3. The van der Waals surface area contributed by atoms with E-state index in [1.54, 1.807) is 0 Å². The summed E-state index contributed by atoms with van der Waals surface area (Å²) in [5.41, 5.74) is 0. The minimum atomic E-state index is 0.474. The smallest absolute Gasteiger partial charge is 0.0623 e. The number of hydrogen-bond donors (Lipinski definition) is 2. The van der Waals surface area contributed by atoms with Gasteiger partial charge in [-0.05, 0) is 25.3 Å². The first-order chi connectivity index (χ1) is 8.85. The maximum Gasteiger partial charge on any atom is 0.0623 e. The second-order valence-corrected chi connectivity index (χ2v) is 5.49. The van der Waals surface area contributed by atoms with E-state index < -0.39 is 0 Å². The number of ether oxygens (including phenoxy) is 2. The van der Waals surface area contributed by atoms with Crippen LogP contribution in [0.1, 0.15) is 26.7 Å². The van der Waals surface area contributed by atoms with E-state index in [-0.39, 0.29) is 0 Å². The summed E-state index contributed by atoms with van der Waals surface area (Å²) in [5.74, 6) is 1.32. The molecule has 2 N–H and O–H groups in total. The first-order valence-electron chi connectivity index (χ1n) is 7.48. The summed E-state index contributed by atoms with van der Waals surface area (Å²) in [7, 11) is 0. The van der Waals surface area contributed by atoms with Crippen LogP contribution in [0.5, 0.6) is 0 Å². The minimum Gasteiger partial charge on any atom is -0.379 e. The minimum absolute atomic E-state index is 0.474. The molecule has 2 saturated heterocycles. The summed E-state index contributed by atoms with van der Waals surface area (Å²) in [5, 5.41) is 7.13. The second kappa shape index (κ2) is 7.43. The Morgan fingerprint density at radius 1 is 1.11 bits per heavy atom. The molecule has 0 saturated carbocycles. The van der Waals surface area contributed by atoms with Crippen molar-refractivity contribution in [2.45, 2.75) is 38.8 Å². The molecule has 2 fully saturated rings. The van der Waals surface area contributed by atoms with Crippen molar-refractivity contribution in [2.24, 2.45) is 11.8 Å². The van der Waals surface area contributed by atoms with Crippen LogP contribution in [0.4, 0.5) is 0 Å². The van der Waals surface area contributed by atoms with E-state index in [9.17, 15) is 0 Å². The molecular formula is C14H28N2O2. The summed E-state index contributed by atoms with van der Waals surface area (Å²) in [6.45, 7) is 10.3. The van der Waals surface area contributed by atoms with Crippen molar-refractivity contribution in [3.63, 3.8) is 0 Å². The van der Waals surface area contributed by atoms with Crippen molar-refractivity contribution < 1.29 is 9.47 Å². The number of likely N-dealkylation sites (N-methyl/N-ethyl adjacent to an activating group) is 1. The van der Waals surface area contributed by atoms with Gasteiger partial charge in [-0.3, -0.25) is 0 Å². The van der Waals surface area contributed by atoms with Crippen LogP contribution in [0, 0.1) is 11.8 Å². The molecule has 2 heterocycles. The molecule has 0 aromatic rings. The lowest BCUT2D eigenvalue weighted by Crippen LogP contribution is -2.41. The van der Waals surface area contributed by atoms with Gasteiger partial charge in [-0.25, -0.2) is 0 Å². The van der Waals surface area contributed by atoms with Gasteiger partial charge < -0.3 is 20.1 Å². The van der Waals surface area contributed by atoms with Crippen LogP contribution < -0.4 is 10.6 Å². The lowest BCUT2D eigenvalue weighted by atomic mass is 9.98. The number of nitrogens with one attached hydrogen (secondary N) is 2. The van der Waals surface area contributed by atoms with Crippen molar-refractivity contribution in [1.29, 1.82) is 0 Å². The molecule has 2 rings (SSSR count). The Morgan fingerprint density at radius 2 is 1.94 bits per heavy atom. The summed E-state index contributed by atoms with van der Waals surface area (Å²) in [6.07, 6.45) is 2.82. The first-order valence-corrected chi connectivity index (χ1v) is 7.48. The van der Waals surface area contributed by atoms with E-state index in [0.717, 1.165) is 45.9 Å². The first kappa shape index (κ1) is 14.3. The number of rotatable bonds is 7. The fourth-order valence-electron chi connectivity index (χ4n) is 3.12. The Balaban J connectivity index is 1.65. The van der Waals surface area contributed by atoms with Crippen LogP contribution in [0.3, 0.4) is 0 Å². The van der Waals surface area contributed by atoms with Gasteiger partial charge in [0.1, 0.15) is 0 Å². The van der Waals surface area contributed by atoms with Crippen molar-refractivity contribution in [2.75, 3.05) is 39.5 Å². The molecule has 18 heavy (non-hydrogen) atoms. The van der Waals surface area contributed by atoms with E-state index in [1.165, 1.54) is 6.42 Å². The maximum atomic E-state index is 5.72. The van der Waals surface area contributed by atoms with Gasteiger partial charge >= 0.3 is 0 Å². The molecule has 4 heteroatoms. The molecule has 4 unspecified atom stereocenters. The van der Waals surface area contributed by atoms with Crippen molar-refractivity contribution in [3.05, 3.63) is 0 Å². The number of hydrogen-bond acceptors (Lipinski definition) is 4. The maximum absolute atomic E-state index is 5.72. The highest BCUT2D eigenvalue weighted by Gasteiger charge is 2.29. The molecule has 2 aliphatic rings. The molecule has 2 aliphatic heterocycles. The highest BCUT2D eigenvalue weighted by atomic mass is 16.5. The summed E-state index contributed by atoms with van der Waals surface area (Å²) >= 11 is 0. The predicted molar refractivity (Wildman–Crippen MR) is 72.8 cm³/mol. The van der Waals surface area contributed by atoms with Gasteiger partial charge in [0.15, 0.2) is 0 Å². The molecule has 0 aromatic heterocycles. The van der Waals surface area contributed by atoms with Gasteiger partial charge in [0.05, 0.1) is 19.3 Å². The highest BCUT2D eigenvalue weighted by molar-refractivity contribution is 4.84. The zero-order valence-electron chi connectivity index (χ0n) is 11.8. The molecule has 0 amide bonds. The average molecular weight is 256 g/mol. The van der Waals surface area contributed by atoms with E-state index >= 15 is 0 Å². The fraction of sp³-hybridized carbons (Fsp3) is 1.00. The third kappa shape index (κ3) is 3.67. The molecule has 4 atom stereocenters. The Morgan fingerprint density at radius 3 is 2.72 bits per heavy atom. The largest absolute Gasteiger partial charge is 0.379 e. The summed E-state index contributed by atoms with van der Waals surface area (Å²) in [4.78, 5) is 0. The SMILES string of the molecule is CCNC1COCC1CNCC1CCOC1CC. The topological polar surface area (TPSA) is 42.5 Å². The van der Waals surface area contributed by atoms with Crippen LogP contribution in [0.2, 0.25) is 0 Å². The van der Waals surface area contributed by atoms with Crippen LogP contribution in [0.15, 0.2) is 0 Å². The monoisotopic (exact) mass is 256 g/mol. The van der Waals surface area contributed by atoms with Crippen LogP contribution in [-0.4, -0.2) is 51.6 Å². The van der Waals surface area contributed by atoms with E-state index in [1.807, 2.05) is 0 Å². The van der Waals surface area contributed by atoms with E-state index in [4.69, 9.17) is 9.47 Å². The van der Waals surface area contributed by atoms with Gasteiger partial charge in [0.2, 0.25) is 0 Å². The van der Waals surface area contributed by atoms with E-state index in [2.05, 4.69) is 24.5 Å². The Labute approximate surface area is 111 Å². The lowest BCUT2D eigenvalue weighted by molar-refractivity contribution is 0.0869. The van der Waals surface area contributed by atoms with Crippen LogP contribution >= 0.6 is 0 Å². The Hall–Kier alpha value is -0.160. The molecule has 4 nitrogen and oxygen atoms in total. The van der Waals surface area contributed by atoms with Crippen molar-refractivity contribution in [1.82, 2.24) is 10.6 Å². The van der Waals surface area contributed by atoms with Gasteiger partial charge in [-0.2, -0.15) is 0 Å². The van der Waals surface area contributed by atoms with Crippen LogP contribution in [0.25, 0.3) is 0 Å². The lowest BCUT2D eigenvalue weighted by Gasteiger charge is -2.21. The zero-order valence-corrected chi connectivity index (χ0v) is 11.8. The third-order valence-corrected chi connectivity index (χ3v) is 4.23. The van der Waals surface area contributed by atoms with Gasteiger partial charge in [0.25, 0.3) is 0 Å². The van der Waals surface area contributed by atoms with Crippen molar-refractivity contribution >= 4 is 0 Å². The normalized spacial score (nSPS) is 36.3. The van der Waals surface area contributed by atoms with Crippen LogP contribution in [-0.2, 0) is 9.47 Å². The second-order valence-electron chi connectivity index (χ2n) is 5.49. The van der Waals surface area contributed by atoms with Crippen molar-refractivity contribution in [3.8, 4) is 0 Å². The molecule has 106 valence electrons. The Bertz CT molecular complexity index is 238. The zero-order chi connectivity index (χ0) is 12.8. The molecule has 0 bridgehead atoms. The van der Waals surface area contributed by atoms with Gasteiger partial charge in [-0.1, -0.05) is 13.8 Å². The molecule has 0 aromatic carbocycles.